The summed E-state index contributed by atoms with van der Waals surface area (Å²) in [7, 11) is -1.99. The van der Waals surface area contributed by atoms with E-state index in [4.69, 9.17) is 0 Å². The largest absolute Gasteiger partial charge is 0.220 e. The van der Waals surface area contributed by atoms with Gasteiger partial charge in [-0.2, -0.15) is 0 Å². The van der Waals surface area contributed by atoms with Crippen LogP contribution in [0, 0.1) is 0 Å². The average molecular weight is 295 g/mol. The monoisotopic (exact) mass is 295 g/mol. The maximum atomic E-state index is 11.6. The van der Waals surface area contributed by atoms with Gasteiger partial charge in [0.1, 0.15) is 0 Å². The van der Waals surface area contributed by atoms with Crippen LogP contribution >= 0.6 is 8.44 Å². The Labute approximate surface area is 104 Å². The van der Waals surface area contributed by atoms with Crippen molar-refractivity contribution in [3.8, 4) is 0 Å². The predicted molar refractivity (Wildman–Crippen MR) is 69.6 cm³/mol. The van der Waals surface area contributed by atoms with Crippen molar-refractivity contribution >= 4 is 27.9 Å². The quantitative estimate of drug-likeness (QED) is 0.764. The molecule has 0 N–H and O–H groups in total. The van der Waals surface area contributed by atoms with Crippen molar-refractivity contribution in [1.82, 2.24) is 4.31 Å². The minimum absolute atomic E-state index is 0.142. The molecule has 1 aromatic rings. The van der Waals surface area contributed by atoms with E-state index < -0.39 is 19.5 Å². The molecule has 0 saturated heterocycles. The van der Waals surface area contributed by atoms with Crippen LogP contribution in [-0.4, -0.2) is 35.2 Å². The summed E-state index contributed by atoms with van der Waals surface area (Å²) in [5, 5.41) is 0. The van der Waals surface area contributed by atoms with E-state index in [0.717, 1.165) is 4.31 Å². The molecule has 0 saturated carbocycles. The molecule has 1 aromatic carbocycles. The van der Waals surface area contributed by atoms with Crippen LogP contribution in [0.25, 0.3) is 0 Å². The van der Waals surface area contributed by atoms with E-state index in [9.17, 15) is 16.8 Å². The van der Waals surface area contributed by atoms with Crippen molar-refractivity contribution in [2.24, 2.45) is 0 Å². The van der Waals surface area contributed by atoms with E-state index >= 15 is 0 Å². The van der Waals surface area contributed by atoms with Crippen molar-refractivity contribution in [3.05, 3.63) is 29.8 Å². The van der Waals surface area contributed by atoms with Crippen molar-refractivity contribution in [1.29, 1.82) is 0 Å². The van der Waals surface area contributed by atoms with Gasteiger partial charge in [-0.25, -0.2) is 21.1 Å². The molecule has 8 heteroatoms. The molecule has 0 aromatic heterocycles. The van der Waals surface area contributed by atoms with Gasteiger partial charge in [-0.3, -0.25) is 0 Å². The van der Waals surface area contributed by atoms with Gasteiger partial charge in [0.05, 0.1) is 10.6 Å². The smallest absolute Gasteiger partial charge is 0.217 e. The van der Waals surface area contributed by atoms with Crippen LogP contribution in [0.1, 0.15) is 5.56 Å². The topological polar surface area (TPSA) is 71.5 Å². The van der Waals surface area contributed by atoms with Crippen molar-refractivity contribution in [3.63, 3.8) is 0 Å². The Morgan fingerprint density at radius 3 is 1.88 bits per heavy atom. The fraction of sp³-hybridized carbons (Fsp3) is 0.333. The average Bonchev–Trinajstić information content (AvgIpc) is 2.16. The maximum absolute atomic E-state index is 11.6. The van der Waals surface area contributed by atoms with Crippen LogP contribution in [0.4, 0.5) is 0 Å². The molecule has 1 atom stereocenters. The number of hydrogen-bond donors (Lipinski definition) is 0. The van der Waals surface area contributed by atoms with Gasteiger partial charge in [-0.15, -0.1) is 0 Å². The van der Waals surface area contributed by atoms with E-state index in [-0.39, 0.29) is 10.6 Å². The molecule has 0 amide bonds. The van der Waals surface area contributed by atoms with E-state index in [1.807, 2.05) is 0 Å². The molecule has 0 aliphatic heterocycles. The lowest BCUT2D eigenvalue weighted by molar-refractivity contribution is 0.519. The van der Waals surface area contributed by atoms with Crippen LogP contribution in [0.5, 0.6) is 0 Å². The van der Waals surface area contributed by atoms with Gasteiger partial charge in [0.15, 0.2) is 9.46 Å². The summed E-state index contributed by atoms with van der Waals surface area (Å²) in [6.07, 6.45) is 0. The first-order chi connectivity index (χ1) is 7.63. The van der Waals surface area contributed by atoms with Gasteiger partial charge in [-0.1, -0.05) is 12.1 Å². The summed E-state index contributed by atoms with van der Waals surface area (Å²) in [4.78, 5) is 0.147. The first-order valence-electron chi connectivity index (χ1n) is 4.65. The first-order valence-corrected chi connectivity index (χ1v) is 9.22. The van der Waals surface area contributed by atoms with Crippen LogP contribution in [0.15, 0.2) is 29.2 Å². The number of hydrogen-bond acceptors (Lipinski definition) is 4. The van der Waals surface area contributed by atoms with E-state index in [2.05, 4.69) is 0 Å². The minimum atomic E-state index is -3.32. The molecule has 96 valence electrons. The lowest BCUT2D eigenvalue weighted by Gasteiger charge is -2.11. The zero-order chi connectivity index (χ0) is 13.3. The van der Waals surface area contributed by atoms with Gasteiger partial charge < -0.3 is 0 Å². The summed E-state index contributed by atoms with van der Waals surface area (Å²) in [6, 6.07) is 5.78. The third-order valence-electron chi connectivity index (χ3n) is 2.16. The Morgan fingerprint density at radius 2 is 1.53 bits per heavy atom. The van der Waals surface area contributed by atoms with Gasteiger partial charge >= 0.3 is 0 Å². The Hall–Kier alpha value is -0.490. The Kier molecular flexibility index (Phi) is 4.30. The Morgan fingerprint density at radius 1 is 1.06 bits per heavy atom. The SMILES string of the molecule is CN(C)S(=O)(=O)Cc1ccc(S(=O)(=O)P)cc1. The lowest BCUT2D eigenvalue weighted by atomic mass is 10.2. The molecule has 1 rings (SSSR count). The van der Waals surface area contributed by atoms with E-state index in [0.29, 0.717) is 5.56 Å². The molecule has 0 bridgehead atoms. The highest BCUT2D eigenvalue weighted by atomic mass is 32.7. The second kappa shape index (κ2) is 5.02. The minimum Gasteiger partial charge on any atom is -0.220 e. The number of nitrogens with zero attached hydrogens (tertiary/aromatic N) is 1. The summed E-state index contributed by atoms with van der Waals surface area (Å²) in [5.74, 6) is -0.142. The molecule has 5 nitrogen and oxygen atoms in total. The fourth-order valence-electron chi connectivity index (χ4n) is 1.12. The van der Waals surface area contributed by atoms with Crippen LogP contribution in [0.3, 0.4) is 0 Å². The Balaban J connectivity index is 2.98. The molecule has 17 heavy (non-hydrogen) atoms. The van der Waals surface area contributed by atoms with Gasteiger partial charge in [0.25, 0.3) is 0 Å². The summed E-state index contributed by atoms with van der Waals surface area (Å²) in [5.41, 5.74) is 0.552. The molecular weight excluding hydrogens is 281 g/mol. The first kappa shape index (κ1) is 14.6. The number of benzene rings is 1. The number of sulfonamides is 1. The van der Waals surface area contributed by atoms with Gasteiger partial charge in [0.2, 0.25) is 10.0 Å². The van der Waals surface area contributed by atoms with Gasteiger partial charge in [0, 0.05) is 14.1 Å². The van der Waals surface area contributed by atoms with E-state index in [1.54, 1.807) is 8.44 Å². The molecule has 0 aliphatic carbocycles. The highest BCUT2D eigenvalue weighted by Gasteiger charge is 2.15. The Bertz CT molecular complexity index is 590. The van der Waals surface area contributed by atoms with Crippen LogP contribution in [0.2, 0.25) is 0 Å². The molecule has 0 spiro atoms. The number of rotatable bonds is 4. The van der Waals surface area contributed by atoms with Gasteiger partial charge in [-0.05, 0) is 26.1 Å². The van der Waals surface area contributed by atoms with E-state index in [1.165, 1.54) is 38.4 Å². The lowest BCUT2D eigenvalue weighted by Crippen LogP contribution is -2.23. The summed E-state index contributed by atoms with van der Waals surface area (Å²) >= 11 is 0. The summed E-state index contributed by atoms with van der Waals surface area (Å²) < 4.78 is 46.7. The molecular formula is C9H14NO4PS2. The predicted octanol–water partition coefficient (Wildman–Crippen LogP) is 0.642. The zero-order valence-corrected chi connectivity index (χ0v) is 12.3. The van der Waals surface area contributed by atoms with Crippen molar-refractivity contribution in [2.75, 3.05) is 14.1 Å². The normalized spacial score (nSPS) is 12.9. The third-order valence-corrected chi connectivity index (χ3v) is 5.71. The molecule has 1 unspecified atom stereocenters. The highest BCUT2D eigenvalue weighted by molar-refractivity contribution is 8.37. The van der Waals surface area contributed by atoms with Crippen molar-refractivity contribution in [2.45, 2.75) is 10.6 Å². The molecule has 0 fully saturated rings. The fourth-order valence-corrected chi connectivity index (χ4v) is 2.97. The highest BCUT2D eigenvalue weighted by Crippen LogP contribution is 2.18. The molecule has 0 heterocycles. The second-order valence-electron chi connectivity index (χ2n) is 3.73. The van der Waals surface area contributed by atoms with Crippen LogP contribution in [-0.2, 0) is 25.2 Å². The summed E-state index contributed by atoms with van der Waals surface area (Å²) in [6.45, 7) is 0. The van der Waals surface area contributed by atoms with Crippen LogP contribution < -0.4 is 0 Å². The maximum Gasteiger partial charge on any atom is 0.217 e. The standard InChI is InChI=1S/C9H14NO4PS2/c1-10(2)16(11,12)7-8-3-5-9(6-4-8)17(13,14)15/h3-6H,7,15H2,1-2H3. The molecule has 0 radical (unpaired) electrons. The van der Waals surface area contributed by atoms with Crippen molar-refractivity contribution < 1.29 is 16.8 Å². The zero-order valence-electron chi connectivity index (χ0n) is 9.49. The third kappa shape index (κ3) is 4.03. The molecule has 0 aliphatic rings. The second-order valence-corrected chi connectivity index (χ2v) is 9.33.